The van der Waals surface area contributed by atoms with E-state index in [0.29, 0.717) is 6.42 Å². The second-order valence-corrected chi connectivity index (χ2v) is 5.19. The molecule has 0 aliphatic rings. The molecule has 0 spiro atoms. The van der Waals surface area contributed by atoms with Crippen molar-refractivity contribution in [3.05, 3.63) is 35.9 Å². The van der Waals surface area contributed by atoms with Crippen molar-refractivity contribution in [3.8, 4) is 0 Å². The molecule has 7 N–H and O–H groups in total. The fraction of sp³-hybridized carbons (Fsp3) is 0.533. The van der Waals surface area contributed by atoms with Crippen LogP contribution in [0.1, 0.15) is 5.56 Å². The lowest BCUT2D eigenvalue weighted by atomic mass is 9.99. The van der Waals surface area contributed by atoms with Crippen molar-refractivity contribution in [3.63, 3.8) is 0 Å². The molecule has 5 atom stereocenters. The van der Waals surface area contributed by atoms with Gasteiger partial charge in [0.1, 0.15) is 24.4 Å². The second kappa shape index (κ2) is 9.56. The summed E-state index contributed by atoms with van der Waals surface area (Å²) in [5, 5.41) is 58.6. The molecule has 0 heterocycles. The molecular formula is C15H23NO7. The van der Waals surface area contributed by atoms with E-state index < -0.39 is 43.0 Å². The normalized spacial score (nSPS) is 17.8. The third-order valence-electron chi connectivity index (χ3n) is 3.43. The molecule has 23 heavy (non-hydrogen) atoms. The summed E-state index contributed by atoms with van der Waals surface area (Å²) >= 11 is 0. The molecule has 0 saturated heterocycles. The van der Waals surface area contributed by atoms with Gasteiger partial charge in [-0.05, 0) is 12.0 Å². The van der Waals surface area contributed by atoms with Gasteiger partial charge in [-0.15, -0.1) is 0 Å². The van der Waals surface area contributed by atoms with Gasteiger partial charge < -0.3 is 36.0 Å². The Balaban J connectivity index is 2.45. The van der Waals surface area contributed by atoms with Crippen LogP contribution in [-0.2, 0) is 11.2 Å². The maximum atomic E-state index is 11.7. The second-order valence-electron chi connectivity index (χ2n) is 5.19. The highest BCUT2D eigenvalue weighted by atomic mass is 16.4. The summed E-state index contributed by atoms with van der Waals surface area (Å²) in [7, 11) is 0. The number of rotatable bonds is 9. The lowest BCUT2D eigenvalue weighted by Gasteiger charge is -2.27. The van der Waals surface area contributed by atoms with Gasteiger partial charge in [-0.25, -0.2) is 0 Å². The first kappa shape index (κ1) is 19.5. The fourth-order valence-electron chi connectivity index (χ4n) is 1.96. The van der Waals surface area contributed by atoms with E-state index in [1.165, 1.54) is 0 Å². The van der Waals surface area contributed by atoms with Gasteiger partial charge in [0.05, 0.1) is 6.61 Å². The third kappa shape index (κ3) is 5.87. The van der Waals surface area contributed by atoms with Gasteiger partial charge >= 0.3 is 0 Å². The highest BCUT2D eigenvalue weighted by molar-refractivity contribution is 5.81. The van der Waals surface area contributed by atoms with Crippen LogP contribution in [0.3, 0.4) is 0 Å². The minimum absolute atomic E-state index is 0.213. The zero-order valence-corrected chi connectivity index (χ0v) is 12.5. The summed E-state index contributed by atoms with van der Waals surface area (Å²) in [4.78, 5) is 11.7. The van der Waals surface area contributed by atoms with E-state index in [0.717, 1.165) is 5.56 Å². The van der Waals surface area contributed by atoms with Gasteiger partial charge in [-0.1, -0.05) is 30.3 Å². The number of aliphatic hydroxyl groups is 6. The summed E-state index contributed by atoms with van der Waals surface area (Å²) < 4.78 is 0. The molecule has 0 aliphatic carbocycles. The average molecular weight is 329 g/mol. The number of benzene rings is 1. The Labute approximate surface area is 133 Å². The Hall–Kier alpha value is -1.55. The van der Waals surface area contributed by atoms with Crippen LogP contribution in [0, 0.1) is 0 Å². The zero-order chi connectivity index (χ0) is 17.4. The van der Waals surface area contributed by atoms with Crippen molar-refractivity contribution in [2.45, 2.75) is 36.9 Å². The molecule has 8 heteroatoms. The maximum absolute atomic E-state index is 11.7. The zero-order valence-electron chi connectivity index (χ0n) is 12.5. The molecule has 1 amide bonds. The number of aliphatic hydroxyl groups excluding tert-OH is 6. The van der Waals surface area contributed by atoms with Crippen molar-refractivity contribution in [1.29, 1.82) is 0 Å². The standard InChI is InChI=1S/C15H23NO7/c17-8-10(18)11(19)12(20)13(21)14(22)15(23)16-7-6-9-4-2-1-3-5-9/h1-5,10-14,17-22H,6-8H2,(H,16,23)/t10-,11-,12-,13+,14-/m1/s1. The first-order valence-electron chi connectivity index (χ1n) is 7.21. The van der Waals surface area contributed by atoms with Crippen molar-refractivity contribution >= 4 is 5.91 Å². The molecular weight excluding hydrogens is 306 g/mol. The Morgan fingerprint density at radius 1 is 0.957 bits per heavy atom. The first-order chi connectivity index (χ1) is 10.9. The summed E-state index contributed by atoms with van der Waals surface area (Å²) in [6.45, 7) is -0.630. The van der Waals surface area contributed by atoms with E-state index in [2.05, 4.69) is 5.32 Å². The molecule has 0 aromatic heterocycles. The van der Waals surface area contributed by atoms with Gasteiger partial charge in [0.15, 0.2) is 6.10 Å². The van der Waals surface area contributed by atoms with Crippen molar-refractivity contribution in [1.82, 2.24) is 5.32 Å². The topological polar surface area (TPSA) is 150 Å². The highest BCUT2D eigenvalue weighted by Gasteiger charge is 2.36. The van der Waals surface area contributed by atoms with Gasteiger partial charge in [0.2, 0.25) is 0 Å². The number of hydrogen-bond donors (Lipinski definition) is 7. The van der Waals surface area contributed by atoms with Gasteiger partial charge in [-0.2, -0.15) is 0 Å². The van der Waals surface area contributed by atoms with Crippen LogP contribution in [0.15, 0.2) is 30.3 Å². The van der Waals surface area contributed by atoms with E-state index in [1.807, 2.05) is 30.3 Å². The molecule has 0 fully saturated rings. The minimum atomic E-state index is -2.01. The van der Waals surface area contributed by atoms with E-state index in [9.17, 15) is 30.3 Å². The Kier molecular flexibility index (Phi) is 8.10. The molecule has 0 saturated carbocycles. The van der Waals surface area contributed by atoms with E-state index in [-0.39, 0.29) is 6.54 Å². The molecule has 1 rings (SSSR count). The predicted octanol–water partition coefficient (Wildman–Crippen LogP) is -2.86. The number of amides is 1. The van der Waals surface area contributed by atoms with E-state index in [1.54, 1.807) is 0 Å². The predicted molar refractivity (Wildman–Crippen MR) is 80.3 cm³/mol. The molecule has 0 radical (unpaired) electrons. The Bertz CT molecular complexity index is 470. The Morgan fingerprint density at radius 2 is 1.57 bits per heavy atom. The lowest BCUT2D eigenvalue weighted by molar-refractivity contribution is -0.156. The van der Waals surface area contributed by atoms with Crippen LogP contribution in [0.2, 0.25) is 0 Å². The molecule has 1 aromatic carbocycles. The van der Waals surface area contributed by atoms with Crippen molar-refractivity contribution in [2.24, 2.45) is 0 Å². The van der Waals surface area contributed by atoms with Gasteiger partial charge in [0.25, 0.3) is 5.91 Å². The van der Waals surface area contributed by atoms with E-state index >= 15 is 0 Å². The molecule has 0 bridgehead atoms. The van der Waals surface area contributed by atoms with Crippen LogP contribution in [-0.4, -0.2) is 80.2 Å². The smallest absolute Gasteiger partial charge is 0.251 e. The van der Waals surface area contributed by atoms with Crippen LogP contribution >= 0.6 is 0 Å². The Morgan fingerprint density at radius 3 is 2.13 bits per heavy atom. The number of hydrogen-bond acceptors (Lipinski definition) is 7. The van der Waals surface area contributed by atoms with Crippen LogP contribution in [0.4, 0.5) is 0 Å². The molecule has 8 nitrogen and oxygen atoms in total. The van der Waals surface area contributed by atoms with Crippen LogP contribution < -0.4 is 5.32 Å². The first-order valence-corrected chi connectivity index (χ1v) is 7.21. The summed E-state index contributed by atoms with van der Waals surface area (Å²) in [6, 6.07) is 9.29. The van der Waals surface area contributed by atoms with Crippen LogP contribution in [0.5, 0.6) is 0 Å². The highest BCUT2D eigenvalue weighted by Crippen LogP contribution is 2.09. The van der Waals surface area contributed by atoms with Gasteiger partial charge in [-0.3, -0.25) is 4.79 Å². The molecule has 0 unspecified atom stereocenters. The number of carbonyl (C=O) groups excluding carboxylic acids is 1. The monoisotopic (exact) mass is 329 g/mol. The minimum Gasteiger partial charge on any atom is -0.394 e. The largest absolute Gasteiger partial charge is 0.394 e. The molecule has 1 aromatic rings. The van der Waals surface area contributed by atoms with Crippen LogP contribution in [0.25, 0.3) is 0 Å². The number of nitrogens with one attached hydrogen (secondary N) is 1. The molecule has 0 aliphatic heterocycles. The fourth-order valence-corrected chi connectivity index (χ4v) is 1.96. The summed E-state index contributed by atoms with van der Waals surface area (Å²) in [5.74, 6) is -0.918. The lowest BCUT2D eigenvalue weighted by Crippen LogP contribution is -2.54. The van der Waals surface area contributed by atoms with Crippen molar-refractivity contribution < 1.29 is 35.4 Å². The SMILES string of the molecule is O=C(NCCc1ccccc1)[C@H](O)[C@@H](O)[C@H](O)[C@H](O)[C@H](O)CO. The third-order valence-corrected chi connectivity index (χ3v) is 3.43. The summed E-state index contributed by atoms with van der Waals surface area (Å²) in [5.41, 5.74) is 0.976. The number of carbonyl (C=O) groups is 1. The average Bonchev–Trinajstić information content (AvgIpc) is 2.59. The van der Waals surface area contributed by atoms with E-state index in [4.69, 9.17) is 5.11 Å². The summed E-state index contributed by atoms with van der Waals surface area (Å²) in [6.07, 6.45) is -9.07. The quantitative estimate of drug-likeness (QED) is 0.257. The molecule has 130 valence electrons. The maximum Gasteiger partial charge on any atom is 0.251 e. The van der Waals surface area contributed by atoms with Crippen molar-refractivity contribution in [2.75, 3.05) is 13.2 Å². The van der Waals surface area contributed by atoms with Gasteiger partial charge in [0, 0.05) is 6.54 Å².